The largest absolute Gasteiger partial charge is 0.436 e. The number of carbonyl (C=O) groups is 11. The Morgan fingerprint density at radius 2 is 1.33 bits per heavy atom. The van der Waals surface area contributed by atoms with Crippen LogP contribution < -0.4 is 75.9 Å². The Kier molecular flexibility index (Phi) is 32.0. The summed E-state index contributed by atoms with van der Waals surface area (Å²) in [5, 5.41) is 48.5. The minimum absolute atomic E-state index is 0.00674. The maximum atomic E-state index is 15.5. The van der Waals surface area contributed by atoms with Gasteiger partial charge in [0.2, 0.25) is 59.1 Å². The molecule has 3 aliphatic heterocycles. The van der Waals surface area contributed by atoms with Crippen LogP contribution in [0.2, 0.25) is 0 Å². The number of nitrogens with zero attached hydrogens (tertiary/aromatic N) is 3. The van der Waals surface area contributed by atoms with Crippen molar-refractivity contribution < 1.29 is 67.3 Å². The number of amides is 11. The van der Waals surface area contributed by atoms with Crippen LogP contribution in [0.25, 0.3) is 33.2 Å². The molecule has 35 heteroatoms. The molecule has 3 aliphatic rings. The van der Waals surface area contributed by atoms with Crippen LogP contribution in [0.5, 0.6) is 0 Å². The second kappa shape index (κ2) is 43.2. The first-order chi connectivity index (χ1) is 58.4. The molecule has 1 saturated heterocycles. The molecule has 0 bridgehead atoms. The number of aliphatic hydroxyl groups excluding tert-OH is 1. The van der Waals surface area contributed by atoms with Gasteiger partial charge in [0.1, 0.15) is 48.3 Å². The molecule has 11 amide bonds. The highest BCUT2D eigenvalue weighted by Gasteiger charge is 2.44. The molecule has 1 fully saturated rings. The summed E-state index contributed by atoms with van der Waals surface area (Å²) in [4.78, 5) is 185. The van der Waals surface area contributed by atoms with Gasteiger partial charge in [0.05, 0.1) is 54.9 Å². The lowest BCUT2D eigenvalue weighted by Crippen LogP contribution is -2.62. The van der Waals surface area contributed by atoms with E-state index in [4.69, 9.17) is 37.1 Å². The number of hydrogen-bond acceptors (Lipinski definition) is 20. The van der Waals surface area contributed by atoms with Crippen molar-refractivity contribution in [2.45, 2.75) is 164 Å². The van der Waals surface area contributed by atoms with Crippen LogP contribution in [0.15, 0.2) is 163 Å². The molecule has 11 rings (SSSR count). The van der Waals surface area contributed by atoms with Gasteiger partial charge in [-0.1, -0.05) is 156 Å². The standard InChI is InChI=1S/C86H104N18O15S2/c1-3-86(50-118-48-59-60(86)44-70-74-57(46-104(70)82(59)115)42-55-27-13-15-29-61(55)95-74)119-85(117)92-36-20-33-72(107)94-65(39-52-21-7-4-8-22-52)77(110)97-64(32-19-35-91-84(89)90)75(108)101-69-49-121-120-38-37-103(47-71(88)106)83(116)68(41-54-25-11-6-12-26-54)100-81(114)73(51(2)105)102-76(109)63(31-17-18-34-87)96-79(112)67(43-56-45-93-62-30-16-14-28-58(56)62)99-78(111)66(98-80(69)113)40-53-23-9-5-10-24-53/h4-16,21-30,42,44-45,51,63-69,73,93,105H,3,17-20,31-41,43,46-50,87H2,1-2H3,(H2,88,106)(H,92,117)(H,94,107)(H,96,112)(H,97,110)(H,98,113)(H,99,111)(H,100,114)(H,101,108)(H,102,109)(H4,89,90,91)/t51-,63+,64+,65-,66+,67-,68+,69+,73+,86-/m1/s1. The number of para-hydroxylation sites is 2. The first-order valence-corrected chi connectivity index (χ1v) is 42.9. The van der Waals surface area contributed by atoms with Crippen LogP contribution in [-0.4, -0.2) is 201 Å². The molecule has 640 valence electrons. The number of nitrogens with two attached hydrogens (primary N) is 3. The zero-order valence-electron chi connectivity index (χ0n) is 67.3. The number of hydrogen-bond donors (Lipinski definition) is 16. The first kappa shape index (κ1) is 89.6. The van der Waals surface area contributed by atoms with E-state index in [1.807, 2.05) is 61.5 Å². The van der Waals surface area contributed by atoms with E-state index in [0.29, 0.717) is 68.6 Å². The second-order valence-corrected chi connectivity index (χ2v) is 32.8. The normalized spacial score (nSPS) is 20.1. The van der Waals surface area contributed by atoms with Crippen molar-refractivity contribution in [2.24, 2.45) is 17.2 Å². The number of rotatable bonds is 30. The molecular weight excluding hydrogens is 1590 g/mol. The highest BCUT2D eigenvalue weighted by atomic mass is 33.1. The number of pyridine rings is 2. The van der Waals surface area contributed by atoms with E-state index in [1.54, 1.807) is 108 Å². The average molecular weight is 1690 g/mol. The number of alkyl carbamates (subject to hydrolysis) is 1. The van der Waals surface area contributed by atoms with Crippen molar-refractivity contribution in [1.82, 2.24) is 72.6 Å². The molecule has 0 radical (unpaired) electrons. The molecule has 121 heavy (non-hydrogen) atoms. The highest BCUT2D eigenvalue weighted by molar-refractivity contribution is 8.76. The number of primary amides is 1. The van der Waals surface area contributed by atoms with Crippen LogP contribution in [0, 0.1) is 5.41 Å². The van der Waals surface area contributed by atoms with E-state index in [1.165, 1.54) is 6.92 Å². The number of fused-ring (bicyclic) bond motifs is 6. The molecule has 8 aromatic rings. The van der Waals surface area contributed by atoms with E-state index < -0.39 is 132 Å². The third kappa shape index (κ3) is 24.3. The molecule has 0 unspecified atom stereocenters. The first-order valence-electron chi connectivity index (χ1n) is 40.4. The summed E-state index contributed by atoms with van der Waals surface area (Å²) in [5.74, 6) is -9.22. The number of benzene rings is 5. The smallest absolute Gasteiger partial charge is 0.408 e. The third-order valence-electron chi connectivity index (χ3n) is 21.3. The Morgan fingerprint density at radius 3 is 2.02 bits per heavy atom. The number of unbranched alkanes of at least 4 members (excludes halogenated alkanes) is 1. The van der Waals surface area contributed by atoms with Crippen molar-refractivity contribution in [3.63, 3.8) is 0 Å². The lowest BCUT2D eigenvalue weighted by atomic mass is 9.86. The zero-order valence-corrected chi connectivity index (χ0v) is 68.9. The van der Waals surface area contributed by atoms with Crippen molar-refractivity contribution in [1.29, 1.82) is 5.41 Å². The quantitative estimate of drug-likeness (QED) is 0.0133. The summed E-state index contributed by atoms with van der Waals surface area (Å²) in [5.41, 5.74) is 22.5. The van der Waals surface area contributed by atoms with Crippen LogP contribution in [0.3, 0.4) is 0 Å². The van der Waals surface area contributed by atoms with Crippen LogP contribution in [0.1, 0.15) is 104 Å². The van der Waals surface area contributed by atoms with Gasteiger partial charge in [0.25, 0.3) is 5.56 Å². The molecule has 3 aromatic heterocycles. The van der Waals surface area contributed by atoms with E-state index in [-0.39, 0.29) is 133 Å². The summed E-state index contributed by atoms with van der Waals surface area (Å²) in [6.45, 7) is 2.72. The summed E-state index contributed by atoms with van der Waals surface area (Å²) in [6.07, 6.45) is -0.692. The summed E-state index contributed by atoms with van der Waals surface area (Å²) < 4.78 is 13.8. The lowest BCUT2D eigenvalue weighted by molar-refractivity contribution is -0.140. The predicted octanol–water partition coefficient (Wildman–Crippen LogP) is 2.88. The fourth-order valence-electron chi connectivity index (χ4n) is 14.9. The minimum Gasteiger partial charge on any atom is -0.436 e. The Labute approximate surface area is 706 Å². The maximum absolute atomic E-state index is 15.5. The van der Waals surface area contributed by atoms with Gasteiger partial charge < -0.3 is 99.4 Å². The SMILES string of the molecule is CC[C@@]1(OC(=O)NCCCC(=O)N[C@H](Cc2ccccc2)C(=O)N[C@@H](CCCNC(=N)N)C(=O)N[C@H]2CSSCCN(CC(N)=O)C(=O)[C@H](Cc3ccccc3)NC(=O)[C@H]([C@@H](C)O)NC(=O)[C@H](CCCCN)NC(=O)[C@@H](Cc3c[nH]c4ccccc34)NC(=O)[C@H](Cc3ccccc3)NC2=O)COCc2c1cc1n(c2=O)Cc2cc3ccccc3nc2-1. The molecule has 10 atom stereocenters. The van der Waals surface area contributed by atoms with Crippen LogP contribution in [-0.2, 0) is 102 Å². The topological polar surface area (TPSA) is 503 Å². The van der Waals surface area contributed by atoms with Crippen molar-refractivity contribution in [3.8, 4) is 11.4 Å². The number of aliphatic hydroxyl groups is 1. The Hall–Kier alpha value is -12.2. The minimum atomic E-state index is -1.73. The Balaban J connectivity index is 0.854. The van der Waals surface area contributed by atoms with Crippen LogP contribution in [0.4, 0.5) is 4.79 Å². The maximum Gasteiger partial charge on any atom is 0.408 e. The van der Waals surface area contributed by atoms with E-state index >= 15 is 24.0 Å². The molecule has 0 aliphatic carbocycles. The molecule has 0 saturated carbocycles. The fraction of sp³-hybridized carbons (Fsp3) is 0.395. The van der Waals surface area contributed by atoms with Gasteiger partial charge in [0.15, 0.2) is 11.6 Å². The number of aromatic nitrogens is 3. The molecule has 5 aromatic carbocycles. The summed E-state index contributed by atoms with van der Waals surface area (Å²) in [6, 6.07) is 32.7. The van der Waals surface area contributed by atoms with Crippen LogP contribution >= 0.6 is 21.6 Å². The fourth-order valence-corrected chi connectivity index (χ4v) is 17.1. The van der Waals surface area contributed by atoms with Gasteiger partial charge >= 0.3 is 6.09 Å². The number of guanidine groups is 1. The Bertz CT molecular complexity index is 5100. The van der Waals surface area contributed by atoms with E-state index in [0.717, 1.165) is 43.0 Å². The number of ether oxygens (including phenoxy) is 2. The molecule has 19 N–H and O–H groups in total. The third-order valence-corrected chi connectivity index (χ3v) is 23.7. The van der Waals surface area contributed by atoms with Crippen molar-refractivity contribution in [3.05, 3.63) is 207 Å². The van der Waals surface area contributed by atoms with Gasteiger partial charge in [-0.25, -0.2) is 9.78 Å². The summed E-state index contributed by atoms with van der Waals surface area (Å²) >= 11 is 0. The monoisotopic (exact) mass is 1690 g/mol. The lowest BCUT2D eigenvalue weighted by Gasteiger charge is -2.37. The van der Waals surface area contributed by atoms with E-state index in [2.05, 4.69) is 58.2 Å². The zero-order chi connectivity index (χ0) is 86.1. The number of aromatic amines is 1. The number of carbonyl (C=O) groups excluding carboxylic acids is 11. The van der Waals surface area contributed by atoms with Gasteiger partial charge in [-0.05, 0) is 105 Å². The molecule has 0 spiro atoms. The number of nitrogens with one attached hydrogen (secondary N) is 12. The predicted molar refractivity (Wildman–Crippen MR) is 458 cm³/mol. The van der Waals surface area contributed by atoms with Gasteiger partial charge in [0, 0.05) is 96.9 Å². The van der Waals surface area contributed by atoms with Crippen molar-refractivity contribution in [2.75, 3.05) is 50.8 Å². The number of H-pyrrole nitrogens is 1. The Morgan fingerprint density at radius 1 is 0.694 bits per heavy atom. The van der Waals surface area contributed by atoms with Crippen molar-refractivity contribution >= 4 is 115 Å². The summed E-state index contributed by atoms with van der Waals surface area (Å²) in [7, 11) is 2.16. The average Bonchev–Trinajstić information content (AvgIpc) is 1.62. The molecular formula is C86H104N18O15S2. The second-order valence-electron chi connectivity index (χ2n) is 30.2. The van der Waals surface area contributed by atoms with Gasteiger partial charge in [-0.3, -0.25) is 58.1 Å². The molecule has 33 nitrogen and oxygen atoms in total. The highest BCUT2D eigenvalue weighted by Crippen LogP contribution is 2.40. The van der Waals surface area contributed by atoms with Gasteiger partial charge in [-0.15, -0.1) is 0 Å². The molecule has 6 heterocycles. The van der Waals surface area contributed by atoms with Gasteiger partial charge in [-0.2, -0.15) is 0 Å². The van der Waals surface area contributed by atoms with E-state index in [9.17, 15) is 38.7 Å².